The van der Waals surface area contributed by atoms with Crippen LogP contribution in [0.5, 0.6) is 17.2 Å². The molecule has 0 aliphatic heterocycles. The third-order valence-corrected chi connectivity index (χ3v) is 3.03. The number of hydrogen-bond acceptors (Lipinski definition) is 3. The van der Waals surface area contributed by atoms with Crippen LogP contribution in [0, 0.1) is 0 Å². The Hall–Kier alpha value is -2.62. The van der Waals surface area contributed by atoms with Gasteiger partial charge in [0.25, 0.3) is 0 Å². The first kappa shape index (κ1) is 11.5. The van der Waals surface area contributed by atoms with E-state index >= 15 is 0 Å². The van der Waals surface area contributed by atoms with Crippen molar-refractivity contribution in [2.75, 3.05) is 0 Å². The minimum Gasteiger partial charge on any atom is -0.506 e. The van der Waals surface area contributed by atoms with Gasteiger partial charge in [0.05, 0.1) is 5.52 Å². The molecule has 0 bridgehead atoms. The summed E-state index contributed by atoms with van der Waals surface area (Å²) in [6.45, 7) is 0.320. The number of para-hydroxylation sites is 3. The number of ether oxygens (including phenoxy) is 1. The number of phenols is 2. The molecule has 3 rings (SSSR count). The Labute approximate surface area is 109 Å². The molecule has 0 aliphatic rings. The van der Waals surface area contributed by atoms with E-state index in [2.05, 4.69) is 4.98 Å². The van der Waals surface area contributed by atoms with Gasteiger partial charge in [-0.15, -0.1) is 0 Å². The summed E-state index contributed by atoms with van der Waals surface area (Å²) in [4.78, 5) is 3.01. The monoisotopic (exact) mass is 255 g/mol. The van der Waals surface area contributed by atoms with E-state index in [0.717, 1.165) is 10.9 Å². The molecule has 1 heterocycles. The molecule has 0 unspecified atom stereocenters. The summed E-state index contributed by atoms with van der Waals surface area (Å²) in [5.41, 5.74) is 1.62. The van der Waals surface area contributed by atoms with Gasteiger partial charge in [-0.05, 0) is 18.2 Å². The molecule has 0 aliphatic carbocycles. The second kappa shape index (κ2) is 4.57. The summed E-state index contributed by atoms with van der Waals surface area (Å²) in [5, 5.41) is 20.2. The summed E-state index contributed by atoms with van der Waals surface area (Å²) in [5.74, 6) is 0.772. The van der Waals surface area contributed by atoms with Gasteiger partial charge < -0.3 is 19.9 Å². The Morgan fingerprint density at radius 1 is 0.947 bits per heavy atom. The van der Waals surface area contributed by atoms with Gasteiger partial charge in [-0.25, -0.2) is 0 Å². The molecule has 19 heavy (non-hydrogen) atoms. The average molecular weight is 255 g/mol. The minimum atomic E-state index is 0.116. The van der Waals surface area contributed by atoms with Crippen LogP contribution >= 0.6 is 0 Å². The molecule has 0 saturated heterocycles. The second-order valence-corrected chi connectivity index (χ2v) is 4.27. The lowest BCUT2D eigenvalue weighted by atomic mass is 10.2. The van der Waals surface area contributed by atoms with Crippen molar-refractivity contribution in [1.82, 2.24) is 4.98 Å². The molecule has 0 saturated carbocycles. The highest BCUT2D eigenvalue weighted by atomic mass is 16.5. The molecular formula is C15H13NO3. The third-order valence-electron chi connectivity index (χ3n) is 3.03. The highest BCUT2D eigenvalue weighted by Gasteiger charge is 2.08. The molecule has 0 amide bonds. The molecule has 96 valence electrons. The van der Waals surface area contributed by atoms with Gasteiger partial charge in [-0.2, -0.15) is 0 Å². The lowest BCUT2D eigenvalue weighted by Crippen LogP contribution is -1.94. The predicted molar refractivity (Wildman–Crippen MR) is 72.4 cm³/mol. The number of aromatic amines is 1. The predicted octanol–water partition coefficient (Wildman–Crippen LogP) is 3.16. The fourth-order valence-corrected chi connectivity index (χ4v) is 2.05. The van der Waals surface area contributed by atoms with Gasteiger partial charge in [0.1, 0.15) is 12.4 Å². The van der Waals surface area contributed by atoms with E-state index in [9.17, 15) is 10.2 Å². The van der Waals surface area contributed by atoms with Crippen LogP contribution in [0.15, 0.2) is 48.7 Å². The number of rotatable bonds is 3. The topological polar surface area (TPSA) is 65.5 Å². The lowest BCUT2D eigenvalue weighted by Gasteiger charge is -2.06. The van der Waals surface area contributed by atoms with Crippen LogP contribution in [0.4, 0.5) is 0 Å². The van der Waals surface area contributed by atoms with Crippen molar-refractivity contribution in [1.29, 1.82) is 0 Å². The molecule has 3 N–H and O–H groups in total. The van der Waals surface area contributed by atoms with Crippen molar-refractivity contribution in [3.8, 4) is 17.2 Å². The minimum absolute atomic E-state index is 0.116. The Morgan fingerprint density at radius 2 is 1.74 bits per heavy atom. The number of phenolic OH excluding ortho intramolecular Hbond substituents is 2. The molecule has 0 spiro atoms. The molecule has 4 nitrogen and oxygen atoms in total. The van der Waals surface area contributed by atoms with Crippen molar-refractivity contribution in [3.05, 3.63) is 54.2 Å². The van der Waals surface area contributed by atoms with Crippen molar-refractivity contribution >= 4 is 10.9 Å². The summed E-state index contributed by atoms with van der Waals surface area (Å²) in [6.07, 6.45) is 1.80. The van der Waals surface area contributed by atoms with Crippen LogP contribution in [0.2, 0.25) is 0 Å². The molecule has 0 radical (unpaired) electrons. The van der Waals surface area contributed by atoms with Crippen LogP contribution in [0.3, 0.4) is 0 Å². The van der Waals surface area contributed by atoms with Gasteiger partial charge >= 0.3 is 0 Å². The lowest BCUT2D eigenvalue weighted by molar-refractivity contribution is 0.290. The van der Waals surface area contributed by atoms with Gasteiger partial charge in [0.15, 0.2) is 11.5 Å². The standard InChI is InChI=1S/C15H13NO3/c17-12-5-1-2-7-14(12)19-9-10-8-16-15-11(10)4-3-6-13(15)18/h1-8,16-18H,9H2. The molecule has 4 heteroatoms. The highest BCUT2D eigenvalue weighted by molar-refractivity contribution is 5.87. The summed E-state index contributed by atoms with van der Waals surface area (Å²) < 4.78 is 5.58. The summed E-state index contributed by atoms with van der Waals surface area (Å²) in [6, 6.07) is 12.2. The molecule has 0 atom stereocenters. The third kappa shape index (κ3) is 2.08. The maximum atomic E-state index is 9.70. The second-order valence-electron chi connectivity index (χ2n) is 4.27. The van der Waals surface area contributed by atoms with E-state index < -0.39 is 0 Å². The van der Waals surface area contributed by atoms with Crippen LogP contribution < -0.4 is 4.74 Å². The Kier molecular flexibility index (Phi) is 2.76. The Morgan fingerprint density at radius 3 is 2.58 bits per heavy atom. The number of benzene rings is 2. The van der Waals surface area contributed by atoms with E-state index in [-0.39, 0.29) is 11.5 Å². The van der Waals surface area contributed by atoms with Crippen LogP contribution in [-0.2, 0) is 6.61 Å². The largest absolute Gasteiger partial charge is 0.506 e. The van der Waals surface area contributed by atoms with E-state index in [4.69, 9.17) is 4.74 Å². The maximum Gasteiger partial charge on any atom is 0.161 e. The SMILES string of the molecule is Oc1ccccc1OCc1c[nH]c2c(O)cccc12. The smallest absolute Gasteiger partial charge is 0.161 e. The van der Waals surface area contributed by atoms with Crippen LogP contribution in [-0.4, -0.2) is 15.2 Å². The fraction of sp³-hybridized carbons (Fsp3) is 0.0667. The molecule has 1 aromatic heterocycles. The van der Waals surface area contributed by atoms with E-state index in [1.807, 2.05) is 6.07 Å². The summed E-state index contributed by atoms with van der Waals surface area (Å²) >= 11 is 0. The molecule has 3 aromatic rings. The van der Waals surface area contributed by atoms with Gasteiger partial charge in [0.2, 0.25) is 0 Å². The first-order valence-corrected chi connectivity index (χ1v) is 5.94. The number of nitrogens with one attached hydrogen (secondary N) is 1. The van der Waals surface area contributed by atoms with Gasteiger partial charge in [-0.1, -0.05) is 24.3 Å². The van der Waals surface area contributed by atoms with Crippen LogP contribution in [0.25, 0.3) is 10.9 Å². The van der Waals surface area contributed by atoms with Crippen molar-refractivity contribution < 1.29 is 14.9 Å². The summed E-state index contributed by atoms with van der Waals surface area (Å²) in [7, 11) is 0. The highest BCUT2D eigenvalue weighted by Crippen LogP contribution is 2.29. The number of fused-ring (bicyclic) bond motifs is 1. The van der Waals surface area contributed by atoms with Crippen molar-refractivity contribution in [2.24, 2.45) is 0 Å². The van der Waals surface area contributed by atoms with E-state index in [1.54, 1.807) is 42.6 Å². The normalized spacial score (nSPS) is 10.7. The number of hydrogen-bond donors (Lipinski definition) is 3. The van der Waals surface area contributed by atoms with E-state index in [1.165, 1.54) is 0 Å². The van der Waals surface area contributed by atoms with Crippen molar-refractivity contribution in [3.63, 3.8) is 0 Å². The van der Waals surface area contributed by atoms with Crippen molar-refractivity contribution in [2.45, 2.75) is 6.61 Å². The number of aromatic nitrogens is 1. The molecule has 2 aromatic carbocycles. The first-order valence-electron chi connectivity index (χ1n) is 5.94. The zero-order valence-corrected chi connectivity index (χ0v) is 10.1. The average Bonchev–Trinajstić information content (AvgIpc) is 2.83. The van der Waals surface area contributed by atoms with E-state index in [0.29, 0.717) is 17.9 Å². The number of H-pyrrole nitrogens is 1. The number of aromatic hydroxyl groups is 2. The zero-order valence-electron chi connectivity index (χ0n) is 10.1. The first-order chi connectivity index (χ1) is 9.25. The maximum absolute atomic E-state index is 9.70. The quantitative estimate of drug-likeness (QED) is 0.673. The Bertz CT molecular complexity index is 718. The molecular weight excluding hydrogens is 242 g/mol. The fourth-order valence-electron chi connectivity index (χ4n) is 2.05. The zero-order chi connectivity index (χ0) is 13.2. The van der Waals surface area contributed by atoms with Crippen LogP contribution in [0.1, 0.15) is 5.56 Å². The van der Waals surface area contributed by atoms with Gasteiger partial charge in [0, 0.05) is 17.1 Å². The Balaban J connectivity index is 1.87. The molecule has 0 fully saturated rings. The van der Waals surface area contributed by atoms with Gasteiger partial charge in [-0.3, -0.25) is 0 Å².